The summed E-state index contributed by atoms with van der Waals surface area (Å²) in [6.07, 6.45) is 78.7. The lowest BCUT2D eigenvalue weighted by Crippen LogP contribution is -2.30. The van der Waals surface area contributed by atoms with Crippen molar-refractivity contribution >= 4 is 17.9 Å². The number of hydrogen-bond donors (Lipinski definition) is 0. The summed E-state index contributed by atoms with van der Waals surface area (Å²) in [5.74, 6) is -1.03. The van der Waals surface area contributed by atoms with E-state index >= 15 is 0 Å². The van der Waals surface area contributed by atoms with E-state index in [1.54, 1.807) is 0 Å². The van der Waals surface area contributed by atoms with Crippen molar-refractivity contribution < 1.29 is 28.6 Å². The van der Waals surface area contributed by atoms with Gasteiger partial charge in [0, 0.05) is 19.3 Å². The summed E-state index contributed by atoms with van der Waals surface area (Å²) in [5.41, 5.74) is 0. The van der Waals surface area contributed by atoms with Crippen molar-refractivity contribution in [1.29, 1.82) is 0 Å². The van der Waals surface area contributed by atoms with Crippen LogP contribution in [0.25, 0.3) is 0 Å². The average Bonchev–Trinajstić information content (AvgIpc) is 3.35. The van der Waals surface area contributed by atoms with Crippen LogP contribution >= 0.6 is 0 Å². The van der Waals surface area contributed by atoms with Gasteiger partial charge in [-0.25, -0.2) is 0 Å². The van der Waals surface area contributed by atoms with Gasteiger partial charge in [-0.3, -0.25) is 14.4 Å². The van der Waals surface area contributed by atoms with Gasteiger partial charge in [0.15, 0.2) is 6.10 Å². The monoisotopic (exact) mass is 953 g/mol. The minimum Gasteiger partial charge on any atom is -0.462 e. The molecule has 0 N–H and O–H groups in total. The Balaban J connectivity index is 4.55. The van der Waals surface area contributed by atoms with E-state index in [0.717, 1.165) is 103 Å². The van der Waals surface area contributed by atoms with Crippen molar-refractivity contribution in [3.05, 3.63) is 134 Å². The lowest BCUT2D eigenvalue weighted by molar-refractivity contribution is -0.167. The van der Waals surface area contributed by atoms with Gasteiger partial charge in [-0.1, -0.05) is 212 Å². The molecule has 0 rings (SSSR count). The van der Waals surface area contributed by atoms with Crippen LogP contribution in [0.1, 0.15) is 226 Å². The fraction of sp³-hybridized carbons (Fsp3) is 0.603. The molecule has 0 aromatic carbocycles. The molecule has 388 valence electrons. The zero-order valence-corrected chi connectivity index (χ0v) is 44.3. The van der Waals surface area contributed by atoms with Crippen molar-refractivity contribution in [3.63, 3.8) is 0 Å². The van der Waals surface area contributed by atoms with Crippen LogP contribution in [0.3, 0.4) is 0 Å². The largest absolute Gasteiger partial charge is 0.462 e. The molecule has 0 aromatic rings. The van der Waals surface area contributed by atoms with E-state index in [0.29, 0.717) is 25.7 Å². The number of unbranched alkanes of at least 4 members (excludes halogenated alkanes) is 15. The highest BCUT2D eigenvalue weighted by Gasteiger charge is 2.19. The van der Waals surface area contributed by atoms with Gasteiger partial charge in [0.25, 0.3) is 0 Å². The summed E-state index contributed by atoms with van der Waals surface area (Å²) in [7, 11) is 0. The number of rotatable bonds is 48. The Morgan fingerprint density at radius 2 is 0.580 bits per heavy atom. The molecule has 69 heavy (non-hydrogen) atoms. The third-order valence-corrected chi connectivity index (χ3v) is 11.1. The lowest BCUT2D eigenvalue weighted by atomic mass is 10.1. The Hall–Kier alpha value is -4.45. The van der Waals surface area contributed by atoms with Gasteiger partial charge in [0.05, 0.1) is 0 Å². The minimum atomic E-state index is -0.826. The highest BCUT2D eigenvalue weighted by Crippen LogP contribution is 2.13. The van der Waals surface area contributed by atoms with Gasteiger partial charge >= 0.3 is 17.9 Å². The van der Waals surface area contributed by atoms with Crippen LogP contribution in [-0.2, 0) is 28.6 Å². The van der Waals surface area contributed by atoms with E-state index < -0.39 is 6.10 Å². The third kappa shape index (κ3) is 54.4. The molecule has 0 spiro atoms. The number of esters is 3. The molecule has 0 aliphatic carbocycles. The summed E-state index contributed by atoms with van der Waals surface area (Å²) in [5, 5.41) is 0. The van der Waals surface area contributed by atoms with Crippen molar-refractivity contribution in [2.45, 2.75) is 232 Å². The Bertz CT molecular complexity index is 1510. The molecule has 0 aromatic heterocycles. The van der Waals surface area contributed by atoms with E-state index in [1.165, 1.54) is 70.6 Å². The second-order valence-corrected chi connectivity index (χ2v) is 17.7. The minimum absolute atomic E-state index is 0.123. The summed E-state index contributed by atoms with van der Waals surface area (Å²) in [6, 6.07) is 0. The van der Waals surface area contributed by atoms with Gasteiger partial charge in [-0.15, -0.1) is 0 Å². The first-order valence-electron chi connectivity index (χ1n) is 27.7. The normalized spacial score (nSPS) is 13.1. The Kier molecular flexibility index (Phi) is 52.5. The van der Waals surface area contributed by atoms with Crippen LogP contribution < -0.4 is 0 Å². The fourth-order valence-corrected chi connectivity index (χ4v) is 7.03. The van der Waals surface area contributed by atoms with Crippen LogP contribution in [0.15, 0.2) is 134 Å². The molecular weight excluding hydrogens is 853 g/mol. The van der Waals surface area contributed by atoms with Crippen LogP contribution in [-0.4, -0.2) is 37.2 Å². The van der Waals surface area contributed by atoms with Gasteiger partial charge < -0.3 is 14.2 Å². The first-order chi connectivity index (χ1) is 34.0. The molecule has 0 unspecified atom stereocenters. The maximum absolute atomic E-state index is 12.9. The van der Waals surface area contributed by atoms with E-state index in [2.05, 4.69) is 154 Å². The van der Waals surface area contributed by atoms with Crippen LogP contribution in [0, 0.1) is 0 Å². The zero-order valence-electron chi connectivity index (χ0n) is 44.3. The molecule has 6 nitrogen and oxygen atoms in total. The van der Waals surface area contributed by atoms with Crippen molar-refractivity contribution in [2.75, 3.05) is 13.2 Å². The van der Waals surface area contributed by atoms with Gasteiger partial charge in [-0.05, 0) is 128 Å². The number of carbonyl (C=O) groups excluding carboxylic acids is 3. The standard InChI is InChI=1S/C63H100O6/c1-4-7-10-13-16-19-22-25-28-30-31-33-36-39-42-45-48-51-54-57-63(66)69-60(58-67-61(64)55-52-49-46-43-40-37-34-27-24-21-18-15-12-9-6-3)59-68-62(65)56-53-50-47-44-41-38-35-32-29-26-23-20-17-14-11-8-5-2/h8-9,11-12,16-21,25-29,34-35,38,40,43-44,47,60H,4-7,10,13-15,22-24,30-33,36-37,39,41-42,45-46,48-59H2,1-3H3/b11-8-,12-9-,19-16-,20-17-,21-18-,28-25-,29-26-,34-27-,38-35-,43-40-,47-44-/t60-/m0/s1. The Morgan fingerprint density at radius 3 is 0.971 bits per heavy atom. The van der Waals surface area contributed by atoms with Crippen LogP contribution in [0.2, 0.25) is 0 Å². The molecule has 0 heterocycles. The maximum atomic E-state index is 12.9. The number of carbonyl (C=O) groups is 3. The fourth-order valence-electron chi connectivity index (χ4n) is 7.03. The van der Waals surface area contributed by atoms with Crippen molar-refractivity contribution in [3.8, 4) is 0 Å². The molecule has 0 aliphatic heterocycles. The molecule has 0 fully saturated rings. The molecule has 1 atom stereocenters. The van der Waals surface area contributed by atoms with Gasteiger partial charge in [0.2, 0.25) is 0 Å². The van der Waals surface area contributed by atoms with E-state index in [9.17, 15) is 14.4 Å². The molecule has 0 aliphatic rings. The lowest BCUT2D eigenvalue weighted by Gasteiger charge is -2.18. The van der Waals surface area contributed by atoms with Gasteiger partial charge in [0.1, 0.15) is 13.2 Å². The quantitative estimate of drug-likeness (QED) is 0.0262. The van der Waals surface area contributed by atoms with Gasteiger partial charge in [-0.2, -0.15) is 0 Å². The van der Waals surface area contributed by atoms with E-state index in [1.807, 2.05) is 0 Å². The number of hydrogen-bond acceptors (Lipinski definition) is 6. The molecule has 0 radical (unpaired) electrons. The molecule has 0 saturated carbocycles. The average molecular weight is 953 g/mol. The van der Waals surface area contributed by atoms with Crippen LogP contribution in [0.5, 0.6) is 0 Å². The second kappa shape index (κ2) is 56.1. The summed E-state index contributed by atoms with van der Waals surface area (Å²) in [4.78, 5) is 38.1. The summed E-state index contributed by atoms with van der Waals surface area (Å²) in [6.45, 7) is 6.29. The zero-order chi connectivity index (χ0) is 50.0. The van der Waals surface area contributed by atoms with Crippen molar-refractivity contribution in [1.82, 2.24) is 0 Å². The summed E-state index contributed by atoms with van der Waals surface area (Å²) < 4.78 is 16.8. The molecule has 0 bridgehead atoms. The molecule has 0 saturated heterocycles. The Labute approximate surface area is 424 Å². The smallest absolute Gasteiger partial charge is 0.306 e. The first-order valence-corrected chi connectivity index (χ1v) is 27.7. The molecule has 6 heteroatoms. The highest BCUT2D eigenvalue weighted by molar-refractivity contribution is 5.71. The molecule has 0 amide bonds. The second-order valence-electron chi connectivity index (χ2n) is 17.7. The first kappa shape index (κ1) is 64.5. The number of allylic oxidation sites excluding steroid dienone is 22. The summed E-state index contributed by atoms with van der Waals surface area (Å²) >= 11 is 0. The maximum Gasteiger partial charge on any atom is 0.306 e. The van der Waals surface area contributed by atoms with E-state index in [4.69, 9.17) is 14.2 Å². The van der Waals surface area contributed by atoms with Crippen LogP contribution in [0.4, 0.5) is 0 Å². The topological polar surface area (TPSA) is 78.9 Å². The predicted molar refractivity (Wildman–Crippen MR) is 297 cm³/mol. The SMILES string of the molecule is CC/C=C\C/C=C\C/C=C\C/C=C\C/C=C\CCCC(=O)OC[C@H](COC(=O)CCCC/C=C\C/C=C\C/C=C\C/C=C\CC)OC(=O)CCCCCCCCCCC/C=C\C/C=C\CCCCC. The highest BCUT2D eigenvalue weighted by atomic mass is 16.6. The number of ether oxygens (including phenoxy) is 3. The van der Waals surface area contributed by atoms with Crippen molar-refractivity contribution in [2.24, 2.45) is 0 Å². The predicted octanol–water partition coefficient (Wildman–Crippen LogP) is 18.6. The Morgan fingerprint density at radius 1 is 0.304 bits per heavy atom. The van der Waals surface area contributed by atoms with E-state index in [-0.39, 0.29) is 37.5 Å². The third-order valence-electron chi connectivity index (χ3n) is 11.1. The molecular formula is C63H100O6.